The van der Waals surface area contributed by atoms with E-state index >= 15 is 0 Å². The van der Waals surface area contributed by atoms with Gasteiger partial charge in [-0.2, -0.15) is 0 Å². The zero-order valence-corrected chi connectivity index (χ0v) is 18.7. The van der Waals surface area contributed by atoms with Crippen molar-refractivity contribution in [2.24, 2.45) is 5.92 Å². The van der Waals surface area contributed by atoms with Gasteiger partial charge in [0.05, 0.1) is 7.11 Å². The van der Waals surface area contributed by atoms with Gasteiger partial charge in [0.2, 0.25) is 11.9 Å². The molecule has 3 rings (SSSR count). The number of carbonyl (C=O) groups excluding carboxylic acids is 1. The van der Waals surface area contributed by atoms with Crippen LogP contribution in [0.4, 0.5) is 11.6 Å². The van der Waals surface area contributed by atoms with Gasteiger partial charge in [0, 0.05) is 49.7 Å². The summed E-state index contributed by atoms with van der Waals surface area (Å²) in [6.07, 6.45) is 5.03. The Kier molecular flexibility index (Phi) is 8.46. The Morgan fingerprint density at radius 2 is 1.87 bits per heavy atom. The summed E-state index contributed by atoms with van der Waals surface area (Å²) < 4.78 is 11.4. The molecule has 1 fully saturated rings. The minimum Gasteiger partial charge on any atom is -0.493 e. The maximum atomic E-state index is 12.8. The molecule has 1 aliphatic rings. The van der Waals surface area contributed by atoms with Gasteiger partial charge < -0.3 is 24.6 Å². The molecule has 0 radical (unpaired) electrons. The first-order chi connectivity index (χ1) is 15.1. The van der Waals surface area contributed by atoms with E-state index in [1.54, 1.807) is 25.6 Å². The molecule has 8 nitrogen and oxygen atoms in total. The molecule has 1 aromatic carbocycles. The second kappa shape index (κ2) is 11.5. The number of rotatable bonds is 10. The van der Waals surface area contributed by atoms with E-state index in [0.29, 0.717) is 18.1 Å². The molecule has 0 aliphatic carbocycles. The Labute approximate surface area is 184 Å². The van der Waals surface area contributed by atoms with Gasteiger partial charge in [0.25, 0.3) is 0 Å². The Morgan fingerprint density at radius 3 is 2.52 bits per heavy atom. The number of anilines is 2. The van der Waals surface area contributed by atoms with Crippen molar-refractivity contribution in [2.75, 3.05) is 56.7 Å². The molecule has 0 spiro atoms. The number of ether oxygens (including phenoxy) is 2. The number of methoxy groups -OCH3 is 1. The lowest BCUT2D eigenvalue weighted by Gasteiger charge is -2.31. The Morgan fingerprint density at radius 1 is 1.16 bits per heavy atom. The molecule has 1 saturated heterocycles. The summed E-state index contributed by atoms with van der Waals surface area (Å²) in [4.78, 5) is 25.8. The van der Waals surface area contributed by atoms with Crippen molar-refractivity contribution in [1.29, 1.82) is 0 Å². The van der Waals surface area contributed by atoms with Crippen LogP contribution in [0.25, 0.3) is 0 Å². The van der Waals surface area contributed by atoms with Crippen molar-refractivity contribution in [1.82, 2.24) is 14.9 Å². The third-order valence-electron chi connectivity index (χ3n) is 5.69. The predicted molar refractivity (Wildman–Crippen MR) is 122 cm³/mol. The van der Waals surface area contributed by atoms with Crippen molar-refractivity contribution in [3.63, 3.8) is 0 Å². The molecule has 31 heavy (non-hydrogen) atoms. The van der Waals surface area contributed by atoms with Crippen LogP contribution in [0.1, 0.15) is 26.7 Å². The molecule has 0 saturated carbocycles. The third-order valence-corrected chi connectivity index (χ3v) is 5.69. The number of benzene rings is 1. The summed E-state index contributed by atoms with van der Waals surface area (Å²) >= 11 is 0. The van der Waals surface area contributed by atoms with Gasteiger partial charge in [-0.15, -0.1) is 0 Å². The summed E-state index contributed by atoms with van der Waals surface area (Å²) in [5.74, 6) is 2.03. The van der Waals surface area contributed by atoms with Crippen molar-refractivity contribution >= 4 is 17.5 Å². The van der Waals surface area contributed by atoms with Crippen molar-refractivity contribution in [3.8, 4) is 11.5 Å². The zero-order chi connectivity index (χ0) is 22.1. The first-order valence-corrected chi connectivity index (χ1v) is 11.0. The lowest BCUT2D eigenvalue weighted by molar-refractivity contribution is -0.120. The molecule has 1 aliphatic heterocycles. The number of likely N-dealkylation sites (N-methyl/N-ethyl adjacent to an activating group) is 1. The first kappa shape index (κ1) is 22.8. The van der Waals surface area contributed by atoms with Gasteiger partial charge in [0.1, 0.15) is 6.61 Å². The molecule has 168 valence electrons. The number of hydrogen-bond donors (Lipinski definition) is 1. The van der Waals surface area contributed by atoms with E-state index in [9.17, 15) is 4.79 Å². The van der Waals surface area contributed by atoms with Gasteiger partial charge in [-0.3, -0.25) is 4.79 Å². The maximum absolute atomic E-state index is 12.8. The first-order valence-electron chi connectivity index (χ1n) is 11.0. The molecule has 0 unspecified atom stereocenters. The highest BCUT2D eigenvalue weighted by Gasteiger charge is 2.26. The number of amides is 1. The molecular weight excluding hydrogens is 394 g/mol. The number of aromatic nitrogens is 2. The highest BCUT2D eigenvalue weighted by molar-refractivity contribution is 5.93. The van der Waals surface area contributed by atoms with Gasteiger partial charge >= 0.3 is 0 Å². The van der Waals surface area contributed by atoms with Crippen LogP contribution < -0.4 is 19.7 Å². The fourth-order valence-corrected chi connectivity index (χ4v) is 3.73. The fraction of sp³-hybridized carbons (Fsp3) is 0.522. The lowest BCUT2D eigenvalue weighted by atomic mass is 9.96. The van der Waals surface area contributed by atoms with Crippen LogP contribution in [0, 0.1) is 5.92 Å². The summed E-state index contributed by atoms with van der Waals surface area (Å²) in [5, 5.41) is 3.04. The molecule has 0 bridgehead atoms. The van der Waals surface area contributed by atoms with Gasteiger partial charge in [-0.05, 0) is 44.1 Å². The average Bonchev–Trinajstić information content (AvgIpc) is 2.82. The minimum absolute atomic E-state index is 0.0332. The van der Waals surface area contributed by atoms with E-state index in [1.165, 1.54) is 0 Å². The number of piperidine rings is 1. The number of nitrogens with one attached hydrogen (secondary N) is 1. The maximum Gasteiger partial charge on any atom is 0.227 e. The van der Waals surface area contributed by atoms with Gasteiger partial charge in [0.15, 0.2) is 11.5 Å². The minimum atomic E-state index is -0.0332. The highest BCUT2D eigenvalue weighted by atomic mass is 16.5. The summed E-state index contributed by atoms with van der Waals surface area (Å²) in [6, 6.07) is 7.32. The standard InChI is InChI=1S/C23H33N5O3/c1-4-27(5-2)15-16-31-21-17-19(7-8-20(21)30-3)26-22(29)18-9-13-28(14-10-18)23-24-11-6-12-25-23/h6-8,11-12,17-18H,4-5,9-10,13-16H2,1-3H3,(H,26,29). The Hall–Kier alpha value is -2.87. The van der Waals surface area contributed by atoms with E-state index < -0.39 is 0 Å². The average molecular weight is 428 g/mol. The molecule has 1 aromatic heterocycles. The summed E-state index contributed by atoms with van der Waals surface area (Å²) in [7, 11) is 1.62. The molecule has 8 heteroatoms. The molecule has 0 atom stereocenters. The second-order valence-corrected chi connectivity index (χ2v) is 7.54. The predicted octanol–water partition coefficient (Wildman–Crippen LogP) is 3.06. The molecular formula is C23H33N5O3. The van der Waals surface area contributed by atoms with Gasteiger partial charge in [-0.1, -0.05) is 13.8 Å². The summed E-state index contributed by atoms with van der Waals surface area (Å²) in [6.45, 7) is 9.20. The van der Waals surface area contributed by atoms with E-state index in [0.717, 1.165) is 57.2 Å². The van der Waals surface area contributed by atoms with Crippen molar-refractivity contribution < 1.29 is 14.3 Å². The quantitative estimate of drug-likeness (QED) is 0.624. The third kappa shape index (κ3) is 6.30. The van der Waals surface area contributed by atoms with Crippen LogP contribution in [0.5, 0.6) is 11.5 Å². The topological polar surface area (TPSA) is 79.8 Å². The largest absolute Gasteiger partial charge is 0.493 e. The molecule has 1 N–H and O–H groups in total. The van der Waals surface area contributed by atoms with Crippen LogP contribution in [-0.4, -0.2) is 67.2 Å². The second-order valence-electron chi connectivity index (χ2n) is 7.54. The highest BCUT2D eigenvalue weighted by Crippen LogP contribution is 2.31. The van der Waals surface area contributed by atoms with Gasteiger partial charge in [-0.25, -0.2) is 9.97 Å². The fourth-order valence-electron chi connectivity index (χ4n) is 3.73. The Balaban J connectivity index is 1.55. The van der Waals surface area contributed by atoms with Crippen LogP contribution in [-0.2, 0) is 4.79 Å². The zero-order valence-electron chi connectivity index (χ0n) is 18.7. The van der Waals surface area contributed by atoms with Crippen molar-refractivity contribution in [3.05, 3.63) is 36.7 Å². The molecule has 1 amide bonds. The number of nitrogens with zero attached hydrogens (tertiary/aromatic N) is 4. The monoisotopic (exact) mass is 427 g/mol. The van der Waals surface area contributed by atoms with Crippen LogP contribution in [0.3, 0.4) is 0 Å². The summed E-state index contributed by atoms with van der Waals surface area (Å²) in [5.41, 5.74) is 0.720. The normalized spacial score (nSPS) is 14.5. The smallest absolute Gasteiger partial charge is 0.227 e. The van der Waals surface area contributed by atoms with Crippen LogP contribution in [0.15, 0.2) is 36.7 Å². The molecule has 2 heterocycles. The van der Waals surface area contributed by atoms with Crippen molar-refractivity contribution in [2.45, 2.75) is 26.7 Å². The number of carbonyl (C=O) groups is 1. The van der Waals surface area contributed by atoms with Crippen LogP contribution >= 0.6 is 0 Å². The van der Waals surface area contributed by atoms with E-state index in [-0.39, 0.29) is 11.8 Å². The van der Waals surface area contributed by atoms with E-state index in [2.05, 4.69) is 38.9 Å². The van der Waals surface area contributed by atoms with E-state index in [4.69, 9.17) is 9.47 Å². The molecule has 2 aromatic rings. The Bertz CT molecular complexity index is 821. The SMILES string of the molecule is CCN(CC)CCOc1cc(NC(=O)C2CCN(c3ncccn3)CC2)ccc1OC. The van der Waals surface area contributed by atoms with Crippen LogP contribution in [0.2, 0.25) is 0 Å². The number of hydrogen-bond acceptors (Lipinski definition) is 7. The van der Waals surface area contributed by atoms with E-state index in [1.807, 2.05) is 18.2 Å². The lowest BCUT2D eigenvalue weighted by Crippen LogP contribution is -2.39.